The summed E-state index contributed by atoms with van der Waals surface area (Å²) in [7, 11) is 0. The second-order valence-corrected chi connectivity index (χ2v) is 8.50. The SMILES string of the molecule is CC(C)c1ccccc1-c1ncc2[nH]c(=O)n(Cc3ccc(N4CCCC4=O)cc3)c2n1. The van der Waals surface area contributed by atoms with Crippen LogP contribution in [0.5, 0.6) is 0 Å². The maximum Gasteiger partial charge on any atom is 0.328 e. The van der Waals surface area contributed by atoms with Crippen LogP contribution < -0.4 is 10.6 Å². The molecule has 4 aromatic rings. The molecular formula is C25H25N5O2. The van der Waals surface area contributed by atoms with E-state index in [9.17, 15) is 9.59 Å². The summed E-state index contributed by atoms with van der Waals surface area (Å²) in [6.07, 6.45) is 3.18. The van der Waals surface area contributed by atoms with E-state index in [0.717, 1.165) is 29.8 Å². The van der Waals surface area contributed by atoms with E-state index in [1.165, 1.54) is 5.56 Å². The standard InChI is InChI=1S/C25H25N5O2/c1-16(2)19-6-3-4-7-20(19)23-26-14-21-24(28-23)30(25(32)27-21)15-17-9-11-18(12-10-17)29-13-5-8-22(29)31/h3-4,6-7,9-12,14,16H,5,8,13,15H2,1-2H3,(H,27,32). The Bertz CT molecular complexity index is 1350. The van der Waals surface area contributed by atoms with Gasteiger partial charge in [-0.2, -0.15) is 0 Å². The van der Waals surface area contributed by atoms with E-state index in [1.807, 2.05) is 47.4 Å². The van der Waals surface area contributed by atoms with Gasteiger partial charge in [0.25, 0.3) is 0 Å². The highest BCUT2D eigenvalue weighted by atomic mass is 16.2. The number of nitrogens with one attached hydrogen (secondary N) is 1. The average Bonchev–Trinajstić information content (AvgIpc) is 3.36. The number of amides is 1. The zero-order valence-corrected chi connectivity index (χ0v) is 18.2. The van der Waals surface area contributed by atoms with Gasteiger partial charge in [0.2, 0.25) is 5.91 Å². The van der Waals surface area contributed by atoms with Crippen molar-refractivity contribution in [2.75, 3.05) is 11.4 Å². The smallest absolute Gasteiger partial charge is 0.312 e. The number of nitrogens with zero attached hydrogens (tertiary/aromatic N) is 4. The number of H-pyrrole nitrogens is 1. The normalized spacial score (nSPS) is 14.1. The van der Waals surface area contributed by atoms with Crippen molar-refractivity contribution in [3.8, 4) is 11.4 Å². The zero-order valence-electron chi connectivity index (χ0n) is 18.2. The summed E-state index contributed by atoms with van der Waals surface area (Å²) in [5, 5.41) is 0. The lowest BCUT2D eigenvalue weighted by molar-refractivity contribution is -0.117. The van der Waals surface area contributed by atoms with E-state index in [2.05, 4.69) is 29.9 Å². The van der Waals surface area contributed by atoms with Crippen LogP contribution in [0.2, 0.25) is 0 Å². The summed E-state index contributed by atoms with van der Waals surface area (Å²) in [6, 6.07) is 15.9. The van der Waals surface area contributed by atoms with Crippen molar-refractivity contribution in [1.29, 1.82) is 0 Å². The number of aromatic amines is 1. The Morgan fingerprint density at radius 3 is 2.56 bits per heavy atom. The minimum atomic E-state index is -0.220. The maximum atomic E-state index is 12.7. The molecule has 1 fully saturated rings. The van der Waals surface area contributed by atoms with Crippen LogP contribution in [0.25, 0.3) is 22.6 Å². The first kappa shape index (κ1) is 20.2. The summed E-state index contributed by atoms with van der Waals surface area (Å²) in [5.74, 6) is 1.11. The van der Waals surface area contributed by atoms with E-state index in [0.29, 0.717) is 35.9 Å². The van der Waals surface area contributed by atoms with Crippen molar-refractivity contribution in [3.05, 3.63) is 76.3 Å². The molecule has 0 spiro atoms. The highest BCUT2D eigenvalue weighted by Gasteiger charge is 2.21. The van der Waals surface area contributed by atoms with Crippen LogP contribution in [0.3, 0.4) is 0 Å². The molecule has 1 amide bonds. The molecule has 7 nitrogen and oxygen atoms in total. The van der Waals surface area contributed by atoms with E-state index in [4.69, 9.17) is 4.98 Å². The van der Waals surface area contributed by atoms with Gasteiger partial charge in [-0.1, -0.05) is 50.2 Å². The number of carbonyl (C=O) groups is 1. The van der Waals surface area contributed by atoms with Gasteiger partial charge in [0.1, 0.15) is 5.52 Å². The van der Waals surface area contributed by atoms with Gasteiger partial charge < -0.3 is 9.88 Å². The first-order valence-electron chi connectivity index (χ1n) is 11.0. The molecule has 0 radical (unpaired) electrons. The number of anilines is 1. The van der Waals surface area contributed by atoms with Crippen molar-refractivity contribution in [2.24, 2.45) is 0 Å². The predicted molar refractivity (Wildman–Crippen MR) is 125 cm³/mol. The van der Waals surface area contributed by atoms with Crippen molar-refractivity contribution in [1.82, 2.24) is 19.5 Å². The van der Waals surface area contributed by atoms with Crippen LogP contribution in [0, 0.1) is 0 Å². The van der Waals surface area contributed by atoms with Gasteiger partial charge >= 0.3 is 5.69 Å². The summed E-state index contributed by atoms with van der Waals surface area (Å²) in [4.78, 5) is 38.6. The van der Waals surface area contributed by atoms with Crippen LogP contribution in [0.15, 0.2) is 59.5 Å². The lowest BCUT2D eigenvalue weighted by Crippen LogP contribution is -2.23. The molecule has 2 aromatic carbocycles. The Kier molecular flexibility index (Phi) is 5.09. The molecule has 0 aliphatic carbocycles. The number of rotatable bonds is 5. The molecule has 5 rings (SSSR count). The molecule has 162 valence electrons. The van der Waals surface area contributed by atoms with Crippen LogP contribution in [-0.4, -0.2) is 32.0 Å². The average molecular weight is 428 g/mol. The molecule has 3 heterocycles. The Labute approximate surface area is 185 Å². The summed E-state index contributed by atoms with van der Waals surface area (Å²) < 4.78 is 1.63. The Hall–Kier alpha value is -3.74. The van der Waals surface area contributed by atoms with Crippen LogP contribution >= 0.6 is 0 Å². The first-order chi connectivity index (χ1) is 15.5. The predicted octanol–water partition coefficient (Wildman–Crippen LogP) is 4.09. The van der Waals surface area contributed by atoms with Crippen molar-refractivity contribution < 1.29 is 4.79 Å². The van der Waals surface area contributed by atoms with Crippen molar-refractivity contribution in [2.45, 2.75) is 39.2 Å². The molecule has 0 bridgehead atoms. The second-order valence-electron chi connectivity index (χ2n) is 8.50. The van der Waals surface area contributed by atoms with Crippen LogP contribution in [0.1, 0.15) is 43.7 Å². The fourth-order valence-electron chi connectivity index (χ4n) is 4.31. The molecule has 0 atom stereocenters. The number of carbonyl (C=O) groups excluding carboxylic acids is 1. The van der Waals surface area contributed by atoms with E-state index in [1.54, 1.807) is 10.8 Å². The molecule has 0 saturated carbocycles. The van der Waals surface area contributed by atoms with Gasteiger partial charge in [-0.05, 0) is 35.6 Å². The van der Waals surface area contributed by atoms with E-state index >= 15 is 0 Å². The second kappa shape index (κ2) is 8.07. The van der Waals surface area contributed by atoms with Crippen LogP contribution in [0.4, 0.5) is 5.69 Å². The Morgan fingerprint density at radius 2 is 1.84 bits per heavy atom. The molecule has 32 heavy (non-hydrogen) atoms. The maximum absolute atomic E-state index is 12.7. The van der Waals surface area contributed by atoms with Gasteiger partial charge in [0, 0.05) is 24.2 Å². The third-order valence-electron chi connectivity index (χ3n) is 6.00. The van der Waals surface area contributed by atoms with Gasteiger partial charge in [-0.3, -0.25) is 9.36 Å². The molecule has 2 aromatic heterocycles. The third-order valence-corrected chi connectivity index (χ3v) is 6.00. The number of hydrogen-bond acceptors (Lipinski definition) is 4. The summed E-state index contributed by atoms with van der Waals surface area (Å²) in [6.45, 7) is 5.43. The van der Waals surface area contributed by atoms with E-state index < -0.39 is 0 Å². The molecule has 1 N–H and O–H groups in total. The minimum Gasteiger partial charge on any atom is -0.312 e. The number of aromatic nitrogens is 4. The minimum absolute atomic E-state index is 0.163. The van der Waals surface area contributed by atoms with Gasteiger partial charge in [0.05, 0.1) is 12.7 Å². The fourth-order valence-corrected chi connectivity index (χ4v) is 4.31. The van der Waals surface area contributed by atoms with Crippen LogP contribution in [-0.2, 0) is 11.3 Å². The number of fused-ring (bicyclic) bond motifs is 1. The number of benzene rings is 2. The topological polar surface area (TPSA) is 83.9 Å². The zero-order chi connectivity index (χ0) is 22.2. The van der Waals surface area contributed by atoms with Gasteiger partial charge in [-0.25, -0.2) is 14.8 Å². The molecule has 1 aliphatic rings. The number of imidazole rings is 1. The summed E-state index contributed by atoms with van der Waals surface area (Å²) >= 11 is 0. The van der Waals surface area contributed by atoms with Crippen molar-refractivity contribution >= 4 is 22.8 Å². The van der Waals surface area contributed by atoms with Crippen molar-refractivity contribution in [3.63, 3.8) is 0 Å². The van der Waals surface area contributed by atoms with E-state index in [-0.39, 0.29) is 11.6 Å². The Morgan fingerprint density at radius 1 is 1.06 bits per heavy atom. The molecule has 0 unspecified atom stereocenters. The largest absolute Gasteiger partial charge is 0.328 e. The lowest BCUT2D eigenvalue weighted by atomic mass is 9.97. The molecule has 1 aliphatic heterocycles. The highest BCUT2D eigenvalue weighted by molar-refractivity contribution is 5.95. The molecule has 1 saturated heterocycles. The first-order valence-corrected chi connectivity index (χ1v) is 11.0. The molecular weight excluding hydrogens is 402 g/mol. The van der Waals surface area contributed by atoms with Gasteiger partial charge in [-0.15, -0.1) is 0 Å². The monoisotopic (exact) mass is 427 g/mol. The quantitative estimate of drug-likeness (QED) is 0.520. The fraction of sp³-hybridized carbons (Fsp3) is 0.280. The number of hydrogen-bond donors (Lipinski definition) is 1. The van der Waals surface area contributed by atoms with Gasteiger partial charge in [0.15, 0.2) is 11.5 Å². The summed E-state index contributed by atoms with van der Waals surface area (Å²) in [5.41, 5.74) is 4.98. The lowest BCUT2D eigenvalue weighted by Gasteiger charge is -2.16. The molecule has 7 heteroatoms. The Balaban J connectivity index is 1.50. The third kappa shape index (κ3) is 3.60. The highest BCUT2D eigenvalue weighted by Crippen LogP contribution is 2.27.